The molecule has 108 valence electrons. The lowest BCUT2D eigenvalue weighted by molar-refractivity contribution is 0.111. The number of anilines is 1. The molecule has 0 amide bonds. The Morgan fingerprint density at radius 1 is 1.29 bits per heavy atom. The Morgan fingerprint density at radius 2 is 2.05 bits per heavy atom. The highest BCUT2D eigenvalue weighted by Crippen LogP contribution is 2.45. The molecule has 1 atom stereocenters. The lowest BCUT2D eigenvalue weighted by atomic mass is 9.90. The third-order valence-electron chi connectivity index (χ3n) is 3.80. The van der Waals surface area contributed by atoms with Crippen molar-refractivity contribution in [2.75, 3.05) is 10.8 Å². The van der Waals surface area contributed by atoms with Crippen molar-refractivity contribution in [2.45, 2.75) is 12.3 Å². The zero-order valence-corrected chi connectivity index (χ0v) is 14.1. The van der Waals surface area contributed by atoms with E-state index in [-0.39, 0.29) is 11.5 Å². The van der Waals surface area contributed by atoms with Crippen molar-refractivity contribution in [2.24, 2.45) is 0 Å². The van der Waals surface area contributed by atoms with E-state index in [9.17, 15) is 9.18 Å². The van der Waals surface area contributed by atoms with E-state index in [0.717, 1.165) is 24.2 Å². The molecule has 5 heteroatoms. The van der Waals surface area contributed by atoms with E-state index in [1.165, 1.54) is 11.6 Å². The average Bonchev–Trinajstić information content (AvgIpc) is 2.86. The van der Waals surface area contributed by atoms with E-state index < -0.39 is 5.82 Å². The molecule has 1 aliphatic rings. The molecule has 21 heavy (non-hydrogen) atoms. The minimum atomic E-state index is -0.429. The van der Waals surface area contributed by atoms with Crippen LogP contribution in [0.4, 0.5) is 10.1 Å². The molecular formula is C16H13FINOS. The van der Waals surface area contributed by atoms with Crippen molar-refractivity contribution >= 4 is 42.3 Å². The van der Waals surface area contributed by atoms with Gasteiger partial charge in [0.05, 0.1) is 11.3 Å². The number of benzene rings is 2. The van der Waals surface area contributed by atoms with Gasteiger partial charge in [-0.3, -0.25) is 4.79 Å². The number of halogens is 2. The molecular weight excluding hydrogens is 400 g/mol. The fourth-order valence-electron chi connectivity index (χ4n) is 2.88. The zero-order chi connectivity index (χ0) is 14.8. The van der Waals surface area contributed by atoms with Gasteiger partial charge in [-0.15, -0.1) is 0 Å². The third kappa shape index (κ3) is 2.81. The molecule has 0 aromatic heterocycles. The van der Waals surface area contributed by atoms with Crippen molar-refractivity contribution in [3.63, 3.8) is 0 Å². The molecule has 0 aliphatic carbocycles. The first kappa shape index (κ1) is 14.8. The Kier molecular flexibility index (Phi) is 4.49. The molecule has 3 rings (SSSR count). The molecule has 1 heterocycles. The van der Waals surface area contributed by atoms with Crippen LogP contribution in [-0.2, 0) is 6.42 Å². The van der Waals surface area contributed by atoms with E-state index in [0.29, 0.717) is 6.29 Å². The summed E-state index contributed by atoms with van der Waals surface area (Å²) in [6.07, 6.45) is 1.46. The first-order chi connectivity index (χ1) is 10.2. The molecule has 1 aliphatic heterocycles. The van der Waals surface area contributed by atoms with Crippen molar-refractivity contribution in [3.05, 3.63) is 65.0 Å². The maximum absolute atomic E-state index is 13.9. The molecule has 0 fully saturated rings. The van der Waals surface area contributed by atoms with Crippen LogP contribution in [0.5, 0.6) is 0 Å². The second-order valence-corrected chi connectivity index (χ2v) is 6.79. The van der Waals surface area contributed by atoms with E-state index >= 15 is 0 Å². The van der Waals surface area contributed by atoms with Crippen LogP contribution in [0.25, 0.3) is 0 Å². The number of hydrogen-bond donors (Lipinski definition) is 0. The topological polar surface area (TPSA) is 20.3 Å². The van der Waals surface area contributed by atoms with Gasteiger partial charge in [0.25, 0.3) is 0 Å². The van der Waals surface area contributed by atoms with Gasteiger partial charge in [-0.25, -0.2) is 4.39 Å². The van der Waals surface area contributed by atoms with Gasteiger partial charge in [0, 0.05) is 42.8 Å². The van der Waals surface area contributed by atoms with Crippen LogP contribution < -0.4 is 4.31 Å². The van der Waals surface area contributed by atoms with E-state index in [4.69, 9.17) is 0 Å². The second-order valence-electron chi connectivity index (χ2n) is 5.03. The van der Waals surface area contributed by atoms with E-state index in [1.807, 2.05) is 18.2 Å². The average molecular weight is 413 g/mol. The molecule has 0 spiro atoms. The number of nitrogens with zero attached hydrogens (tertiary/aromatic N) is 1. The second kappa shape index (κ2) is 6.36. The van der Waals surface area contributed by atoms with Crippen molar-refractivity contribution in [1.29, 1.82) is 0 Å². The third-order valence-corrected chi connectivity index (χ3v) is 5.74. The monoisotopic (exact) mass is 413 g/mol. The summed E-state index contributed by atoms with van der Waals surface area (Å²) < 4.78 is 16.1. The summed E-state index contributed by atoms with van der Waals surface area (Å²) >= 11 is 2.22. The van der Waals surface area contributed by atoms with Crippen LogP contribution in [0.2, 0.25) is 0 Å². The number of hydrogen-bond acceptors (Lipinski definition) is 3. The van der Waals surface area contributed by atoms with Gasteiger partial charge in [0.1, 0.15) is 5.82 Å². The fourth-order valence-corrected chi connectivity index (χ4v) is 4.47. The molecule has 2 nitrogen and oxygen atoms in total. The summed E-state index contributed by atoms with van der Waals surface area (Å²) in [4.78, 5) is 11.3. The first-order valence-corrected chi connectivity index (χ1v) is 9.94. The van der Waals surface area contributed by atoms with Crippen LogP contribution in [-0.4, -0.2) is 12.8 Å². The van der Waals surface area contributed by atoms with Crippen molar-refractivity contribution < 1.29 is 9.18 Å². The minimum Gasteiger partial charge on any atom is -0.307 e. The number of aldehydes is 1. The number of carbonyl (C=O) groups is 1. The van der Waals surface area contributed by atoms with Crippen LogP contribution in [0.15, 0.2) is 42.5 Å². The van der Waals surface area contributed by atoms with Gasteiger partial charge in [-0.1, -0.05) is 30.3 Å². The van der Waals surface area contributed by atoms with Crippen LogP contribution >= 0.6 is 30.3 Å². The summed E-state index contributed by atoms with van der Waals surface area (Å²) in [5.41, 5.74) is 3.22. The van der Waals surface area contributed by atoms with Gasteiger partial charge >= 0.3 is 0 Å². The van der Waals surface area contributed by atoms with Crippen LogP contribution in [0, 0.1) is 5.82 Å². The van der Waals surface area contributed by atoms with Crippen molar-refractivity contribution in [3.8, 4) is 0 Å². The summed E-state index contributed by atoms with van der Waals surface area (Å²) in [7, 11) is 1.58. The quantitative estimate of drug-likeness (QED) is 0.409. The van der Waals surface area contributed by atoms with Gasteiger partial charge in [0.2, 0.25) is 0 Å². The van der Waals surface area contributed by atoms with Crippen LogP contribution in [0.1, 0.15) is 27.4 Å². The highest BCUT2D eigenvalue weighted by Gasteiger charge is 2.32. The molecule has 0 saturated carbocycles. The van der Waals surface area contributed by atoms with E-state index in [2.05, 4.69) is 37.6 Å². The summed E-state index contributed by atoms with van der Waals surface area (Å²) in [6, 6.07) is 13.3. The highest BCUT2D eigenvalue weighted by molar-refractivity contribution is 14.2. The van der Waals surface area contributed by atoms with Gasteiger partial charge in [-0.2, -0.15) is 0 Å². The largest absolute Gasteiger partial charge is 0.307 e. The summed E-state index contributed by atoms with van der Waals surface area (Å²) in [6.45, 7) is 0.794. The maximum atomic E-state index is 13.9. The molecule has 0 radical (unpaired) electrons. The van der Waals surface area contributed by atoms with Gasteiger partial charge < -0.3 is 4.31 Å². The number of fused-ring (bicyclic) bond motifs is 1. The molecule has 0 saturated heterocycles. The molecule has 2 aromatic rings. The molecule has 0 bridgehead atoms. The Morgan fingerprint density at radius 3 is 2.71 bits per heavy atom. The van der Waals surface area contributed by atoms with E-state index in [1.54, 1.807) is 15.2 Å². The Bertz CT molecular complexity index is 665. The van der Waals surface area contributed by atoms with Gasteiger partial charge in [-0.05, 0) is 29.7 Å². The van der Waals surface area contributed by atoms with Crippen LogP contribution in [0.3, 0.4) is 0 Å². The fraction of sp³-hybridized carbons (Fsp3) is 0.188. The maximum Gasteiger partial charge on any atom is 0.153 e. The first-order valence-electron chi connectivity index (χ1n) is 6.62. The lowest BCUT2D eigenvalue weighted by Gasteiger charge is -2.14. The lowest BCUT2D eigenvalue weighted by Crippen LogP contribution is -2.12. The highest BCUT2D eigenvalue weighted by atomic mass is 127. The standard InChI is InChI=1S/C16H13FINOS/c17-14-6-7-15-16(13(14)10-20)12(9-19(15)21-18)8-11-4-2-1-3-5-11/h1-7,10,12H,8-9H2/t12-/m0/s1. The van der Waals surface area contributed by atoms with Gasteiger partial charge in [0.15, 0.2) is 6.29 Å². The Hall–Kier alpha value is -1.08. The predicted molar refractivity (Wildman–Crippen MR) is 93.6 cm³/mol. The minimum absolute atomic E-state index is 0.139. The molecule has 0 unspecified atom stereocenters. The number of rotatable bonds is 4. The molecule has 0 N–H and O–H groups in total. The number of carbonyl (C=O) groups excluding carboxylic acids is 1. The SMILES string of the molecule is O=Cc1c(F)ccc2c1[C@@H](Cc1ccccc1)CN2SI. The van der Waals surface area contributed by atoms with Crippen molar-refractivity contribution in [1.82, 2.24) is 0 Å². The Labute approximate surface area is 139 Å². The zero-order valence-electron chi connectivity index (χ0n) is 11.1. The summed E-state index contributed by atoms with van der Waals surface area (Å²) in [5, 5.41) is 0. The summed E-state index contributed by atoms with van der Waals surface area (Å²) in [5.74, 6) is -0.289. The normalized spacial score (nSPS) is 16.9. The molecule has 2 aromatic carbocycles. The predicted octanol–water partition coefficient (Wildman–Crippen LogP) is 4.78. The smallest absolute Gasteiger partial charge is 0.153 e. The Balaban J connectivity index is 2.02.